The van der Waals surface area contributed by atoms with Crippen LogP contribution in [0.2, 0.25) is 0 Å². The Balaban J connectivity index is 1.91. The van der Waals surface area contributed by atoms with Gasteiger partial charge >= 0.3 is 0 Å². The second-order valence-electron chi connectivity index (χ2n) is 6.50. The lowest BCUT2D eigenvalue weighted by Crippen LogP contribution is -2.55. The molecule has 1 atom stereocenters. The van der Waals surface area contributed by atoms with Gasteiger partial charge in [0.1, 0.15) is 11.9 Å². The molecule has 2 amide bonds. The summed E-state index contributed by atoms with van der Waals surface area (Å²) in [6, 6.07) is 4.11. The van der Waals surface area contributed by atoms with E-state index in [1.54, 1.807) is 15.9 Å². The van der Waals surface area contributed by atoms with Gasteiger partial charge in [0.05, 0.1) is 11.4 Å². The standard InChI is InChI=1S/C18H24FN3O2/c1-3-17(23)21-9-5-4-6-15(21)18(24)22-11-10-20(2)14-8-7-13(19)12-16(14)22/h7-8,12,15H,3-6,9-11H2,1-2H3/t15-/m0/s1. The third kappa shape index (κ3) is 2.97. The number of likely N-dealkylation sites (tertiary alicyclic amines) is 1. The van der Waals surface area contributed by atoms with Crippen molar-refractivity contribution in [3.05, 3.63) is 24.0 Å². The fraction of sp³-hybridized carbons (Fsp3) is 0.556. The molecule has 2 heterocycles. The summed E-state index contributed by atoms with van der Waals surface area (Å²) >= 11 is 0. The quantitative estimate of drug-likeness (QED) is 0.835. The SMILES string of the molecule is CCC(=O)N1CCCC[C@H]1C(=O)N1CCN(C)c2ccc(F)cc21. The van der Waals surface area contributed by atoms with E-state index in [-0.39, 0.29) is 17.6 Å². The monoisotopic (exact) mass is 333 g/mol. The topological polar surface area (TPSA) is 43.9 Å². The van der Waals surface area contributed by atoms with Crippen LogP contribution in [0.25, 0.3) is 0 Å². The van der Waals surface area contributed by atoms with E-state index in [0.717, 1.165) is 18.5 Å². The van der Waals surface area contributed by atoms with E-state index in [1.807, 2.05) is 18.9 Å². The maximum Gasteiger partial charge on any atom is 0.249 e. The summed E-state index contributed by atoms with van der Waals surface area (Å²) in [6.07, 6.45) is 2.95. The zero-order valence-corrected chi connectivity index (χ0v) is 14.3. The summed E-state index contributed by atoms with van der Waals surface area (Å²) < 4.78 is 13.7. The molecule has 3 rings (SSSR count). The minimum Gasteiger partial charge on any atom is -0.371 e. The molecule has 0 radical (unpaired) electrons. The Bertz CT molecular complexity index is 649. The van der Waals surface area contributed by atoms with Crippen LogP contribution >= 0.6 is 0 Å². The third-order valence-corrected chi connectivity index (χ3v) is 4.98. The van der Waals surface area contributed by atoms with Crippen molar-refractivity contribution in [2.75, 3.05) is 36.5 Å². The lowest BCUT2D eigenvalue weighted by molar-refractivity contribution is -0.141. The number of hydrogen-bond donors (Lipinski definition) is 0. The second kappa shape index (κ2) is 6.79. The Kier molecular flexibility index (Phi) is 4.73. The zero-order valence-electron chi connectivity index (χ0n) is 14.3. The lowest BCUT2D eigenvalue weighted by atomic mass is 9.99. The average molecular weight is 333 g/mol. The number of likely N-dealkylation sites (N-methyl/N-ethyl adjacent to an activating group) is 1. The van der Waals surface area contributed by atoms with Gasteiger partial charge in [0.25, 0.3) is 0 Å². The highest BCUT2D eigenvalue weighted by Gasteiger charge is 2.36. The number of anilines is 2. The van der Waals surface area contributed by atoms with Crippen molar-refractivity contribution in [3.63, 3.8) is 0 Å². The Morgan fingerprint density at radius 3 is 2.71 bits per heavy atom. The number of piperidine rings is 1. The summed E-state index contributed by atoms with van der Waals surface area (Å²) in [6.45, 7) is 3.65. The maximum atomic E-state index is 13.7. The highest BCUT2D eigenvalue weighted by Crippen LogP contribution is 2.34. The van der Waals surface area contributed by atoms with Crippen molar-refractivity contribution in [2.45, 2.75) is 38.6 Å². The molecular formula is C18H24FN3O2. The third-order valence-electron chi connectivity index (χ3n) is 4.98. The second-order valence-corrected chi connectivity index (χ2v) is 6.50. The van der Waals surface area contributed by atoms with Crippen LogP contribution < -0.4 is 9.80 Å². The molecule has 0 unspecified atom stereocenters. The smallest absolute Gasteiger partial charge is 0.249 e. The molecule has 1 aromatic rings. The van der Waals surface area contributed by atoms with Gasteiger partial charge in [-0.1, -0.05) is 6.92 Å². The number of amides is 2. The summed E-state index contributed by atoms with van der Waals surface area (Å²) in [5.74, 6) is -0.426. The number of benzene rings is 1. The first kappa shape index (κ1) is 16.7. The number of fused-ring (bicyclic) bond motifs is 1. The van der Waals surface area contributed by atoms with Crippen molar-refractivity contribution in [2.24, 2.45) is 0 Å². The number of hydrogen-bond acceptors (Lipinski definition) is 3. The number of halogens is 1. The van der Waals surface area contributed by atoms with Crippen molar-refractivity contribution >= 4 is 23.2 Å². The molecule has 1 aromatic carbocycles. The van der Waals surface area contributed by atoms with E-state index >= 15 is 0 Å². The van der Waals surface area contributed by atoms with Crippen LogP contribution in [0.5, 0.6) is 0 Å². The molecule has 0 bridgehead atoms. The predicted molar refractivity (Wildman–Crippen MR) is 91.7 cm³/mol. The van der Waals surface area contributed by atoms with Gasteiger partial charge in [-0.05, 0) is 37.5 Å². The molecule has 2 aliphatic heterocycles. The zero-order chi connectivity index (χ0) is 17.3. The van der Waals surface area contributed by atoms with Gasteiger partial charge in [-0.25, -0.2) is 4.39 Å². The van der Waals surface area contributed by atoms with E-state index in [4.69, 9.17) is 0 Å². The molecule has 0 saturated carbocycles. The first-order valence-electron chi connectivity index (χ1n) is 8.64. The van der Waals surface area contributed by atoms with E-state index in [9.17, 15) is 14.0 Å². The van der Waals surface area contributed by atoms with Gasteiger partial charge in [-0.2, -0.15) is 0 Å². The fourth-order valence-electron chi connectivity index (χ4n) is 3.63. The van der Waals surface area contributed by atoms with Crippen LogP contribution in [0.1, 0.15) is 32.6 Å². The molecule has 2 aliphatic rings. The molecule has 1 saturated heterocycles. The van der Waals surface area contributed by atoms with Crippen molar-refractivity contribution in [1.29, 1.82) is 0 Å². The van der Waals surface area contributed by atoms with Gasteiger partial charge in [-0.3, -0.25) is 9.59 Å². The van der Waals surface area contributed by atoms with Gasteiger partial charge in [-0.15, -0.1) is 0 Å². The van der Waals surface area contributed by atoms with Crippen LogP contribution in [-0.4, -0.2) is 49.4 Å². The Labute approximate surface area is 142 Å². The van der Waals surface area contributed by atoms with Gasteiger partial charge < -0.3 is 14.7 Å². The van der Waals surface area contributed by atoms with E-state index in [0.29, 0.717) is 38.2 Å². The number of rotatable bonds is 2. The molecule has 0 N–H and O–H groups in total. The van der Waals surface area contributed by atoms with Crippen molar-refractivity contribution in [3.8, 4) is 0 Å². The van der Waals surface area contributed by atoms with Crippen molar-refractivity contribution in [1.82, 2.24) is 4.90 Å². The predicted octanol–water partition coefficient (Wildman–Crippen LogP) is 2.40. The summed E-state index contributed by atoms with van der Waals surface area (Å²) in [4.78, 5) is 30.7. The van der Waals surface area contributed by atoms with Gasteiger partial charge in [0, 0.05) is 33.1 Å². The molecule has 5 nitrogen and oxygen atoms in total. The normalized spacial score (nSPS) is 20.8. The summed E-state index contributed by atoms with van der Waals surface area (Å²) in [5, 5.41) is 0. The minimum absolute atomic E-state index is 0.0154. The number of nitrogens with zero attached hydrogens (tertiary/aromatic N) is 3. The molecule has 130 valence electrons. The molecular weight excluding hydrogens is 309 g/mol. The maximum absolute atomic E-state index is 13.7. The van der Waals surface area contributed by atoms with Crippen LogP contribution in [0.4, 0.5) is 15.8 Å². The van der Waals surface area contributed by atoms with Crippen molar-refractivity contribution < 1.29 is 14.0 Å². The van der Waals surface area contributed by atoms with Crippen LogP contribution in [0.15, 0.2) is 18.2 Å². The average Bonchev–Trinajstić information content (AvgIpc) is 2.60. The fourth-order valence-corrected chi connectivity index (χ4v) is 3.63. The van der Waals surface area contributed by atoms with E-state index in [2.05, 4.69) is 0 Å². The van der Waals surface area contributed by atoms with Crippen LogP contribution in [0.3, 0.4) is 0 Å². The first-order chi connectivity index (χ1) is 11.5. The molecule has 1 fully saturated rings. The Morgan fingerprint density at radius 2 is 1.96 bits per heavy atom. The molecule has 0 aliphatic carbocycles. The molecule has 0 aromatic heterocycles. The molecule has 24 heavy (non-hydrogen) atoms. The Hall–Kier alpha value is -2.11. The summed E-state index contributed by atoms with van der Waals surface area (Å²) in [5.41, 5.74) is 1.45. The van der Waals surface area contributed by atoms with Gasteiger partial charge in [0.2, 0.25) is 11.8 Å². The largest absolute Gasteiger partial charge is 0.371 e. The van der Waals surface area contributed by atoms with Gasteiger partial charge in [0.15, 0.2) is 0 Å². The minimum atomic E-state index is -0.425. The van der Waals surface area contributed by atoms with Crippen LogP contribution in [-0.2, 0) is 9.59 Å². The van der Waals surface area contributed by atoms with Crippen LogP contribution in [0, 0.1) is 5.82 Å². The lowest BCUT2D eigenvalue weighted by Gasteiger charge is -2.41. The van der Waals surface area contributed by atoms with E-state index < -0.39 is 6.04 Å². The molecule has 0 spiro atoms. The summed E-state index contributed by atoms with van der Waals surface area (Å²) in [7, 11) is 1.94. The Morgan fingerprint density at radius 1 is 1.17 bits per heavy atom. The highest BCUT2D eigenvalue weighted by molar-refractivity contribution is 6.02. The first-order valence-corrected chi connectivity index (χ1v) is 8.64. The highest BCUT2D eigenvalue weighted by atomic mass is 19.1. The number of carbonyl (C=O) groups excluding carboxylic acids is 2. The van der Waals surface area contributed by atoms with E-state index in [1.165, 1.54) is 12.1 Å². The number of carbonyl (C=O) groups is 2. The molecule has 6 heteroatoms.